The van der Waals surface area contributed by atoms with Crippen LogP contribution in [0.4, 0.5) is 0 Å². The number of aromatic nitrogens is 3. The van der Waals surface area contributed by atoms with Crippen molar-refractivity contribution in [2.24, 2.45) is 5.73 Å². The lowest BCUT2D eigenvalue weighted by molar-refractivity contribution is 0.169. The summed E-state index contributed by atoms with van der Waals surface area (Å²) in [6.07, 6.45) is 2.18. The molecule has 0 fully saturated rings. The molecule has 20 heavy (non-hydrogen) atoms. The highest BCUT2D eigenvalue weighted by Crippen LogP contribution is 2.36. The van der Waals surface area contributed by atoms with Gasteiger partial charge >= 0.3 is 0 Å². The van der Waals surface area contributed by atoms with Gasteiger partial charge < -0.3 is 15.2 Å². The number of aryl methyl sites for hydroxylation is 1. The van der Waals surface area contributed by atoms with E-state index in [1.807, 2.05) is 29.8 Å². The van der Waals surface area contributed by atoms with E-state index in [1.54, 1.807) is 6.33 Å². The summed E-state index contributed by atoms with van der Waals surface area (Å²) in [5, 5.41) is 4.16. The second kappa shape index (κ2) is 5.50. The third kappa shape index (κ3) is 2.34. The van der Waals surface area contributed by atoms with Crippen LogP contribution < -0.4 is 15.2 Å². The quantitative estimate of drug-likeness (QED) is 0.909. The Balaban J connectivity index is 1.86. The van der Waals surface area contributed by atoms with Crippen LogP contribution in [-0.2, 0) is 13.0 Å². The van der Waals surface area contributed by atoms with Gasteiger partial charge in [0.15, 0.2) is 11.5 Å². The number of fused-ring (bicyclic) bond motifs is 1. The van der Waals surface area contributed by atoms with Crippen LogP contribution in [-0.4, -0.2) is 28.0 Å². The zero-order valence-electron chi connectivity index (χ0n) is 11.5. The van der Waals surface area contributed by atoms with Crippen molar-refractivity contribution >= 4 is 0 Å². The molecule has 1 aliphatic heterocycles. The molecule has 3 rings (SSSR count). The molecule has 6 heteroatoms. The summed E-state index contributed by atoms with van der Waals surface area (Å²) in [5.41, 5.74) is 7.27. The summed E-state index contributed by atoms with van der Waals surface area (Å²) in [5.74, 6) is 2.41. The third-order valence-electron chi connectivity index (χ3n) is 3.39. The maximum Gasteiger partial charge on any atom is 0.166 e. The monoisotopic (exact) mass is 274 g/mol. The number of nitrogens with zero attached hydrogens (tertiary/aromatic N) is 3. The molecule has 1 atom stereocenters. The van der Waals surface area contributed by atoms with Crippen molar-refractivity contribution < 1.29 is 9.47 Å². The van der Waals surface area contributed by atoms with Crippen molar-refractivity contribution in [3.8, 4) is 11.5 Å². The van der Waals surface area contributed by atoms with Gasteiger partial charge in [0.25, 0.3) is 0 Å². The molecule has 1 aromatic carbocycles. The topological polar surface area (TPSA) is 75.2 Å². The van der Waals surface area contributed by atoms with Gasteiger partial charge in [0.1, 0.15) is 25.4 Å². The van der Waals surface area contributed by atoms with Crippen molar-refractivity contribution in [2.75, 3.05) is 13.2 Å². The van der Waals surface area contributed by atoms with Gasteiger partial charge in [0.05, 0.1) is 0 Å². The number of benzene rings is 1. The predicted molar refractivity (Wildman–Crippen MR) is 73.8 cm³/mol. The Morgan fingerprint density at radius 1 is 1.35 bits per heavy atom. The second-order valence-electron chi connectivity index (χ2n) is 4.67. The first kappa shape index (κ1) is 12.9. The average molecular weight is 274 g/mol. The van der Waals surface area contributed by atoms with Crippen LogP contribution in [0.2, 0.25) is 0 Å². The van der Waals surface area contributed by atoms with Gasteiger partial charge in [-0.2, -0.15) is 5.10 Å². The lowest BCUT2D eigenvalue weighted by Gasteiger charge is -2.23. The number of hydrogen-bond donors (Lipinski definition) is 1. The SMILES string of the molecule is CCn1ncnc1CC(N)c1cccc2c1OCCO2. The Morgan fingerprint density at radius 3 is 3.05 bits per heavy atom. The molecule has 106 valence electrons. The molecule has 1 aliphatic rings. The zero-order valence-corrected chi connectivity index (χ0v) is 11.5. The summed E-state index contributed by atoms with van der Waals surface area (Å²) < 4.78 is 13.1. The Hall–Kier alpha value is -2.08. The van der Waals surface area contributed by atoms with Crippen LogP contribution in [0.1, 0.15) is 24.4 Å². The Labute approximate surface area is 117 Å². The summed E-state index contributed by atoms with van der Waals surface area (Å²) in [6, 6.07) is 5.62. The molecule has 1 unspecified atom stereocenters. The molecule has 1 aromatic heterocycles. The molecule has 0 bridgehead atoms. The molecule has 0 spiro atoms. The third-order valence-corrected chi connectivity index (χ3v) is 3.39. The van der Waals surface area contributed by atoms with Crippen LogP contribution in [0, 0.1) is 0 Å². The Kier molecular flexibility index (Phi) is 3.56. The number of para-hydroxylation sites is 1. The van der Waals surface area contributed by atoms with Crippen LogP contribution in [0.25, 0.3) is 0 Å². The van der Waals surface area contributed by atoms with E-state index in [9.17, 15) is 0 Å². The van der Waals surface area contributed by atoms with Crippen LogP contribution >= 0.6 is 0 Å². The Morgan fingerprint density at radius 2 is 2.20 bits per heavy atom. The molecule has 2 aromatic rings. The van der Waals surface area contributed by atoms with E-state index in [0.717, 1.165) is 29.4 Å². The average Bonchev–Trinajstić information content (AvgIpc) is 2.93. The van der Waals surface area contributed by atoms with Crippen LogP contribution in [0.15, 0.2) is 24.5 Å². The second-order valence-corrected chi connectivity index (χ2v) is 4.67. The molecule has 0 amide bonds. The van der Waals surface area contributed by atoms with Crippen molar-refractivity contribution in [1.29, 1.82) is 0 Å². The first-order valence-corrected chi connectivity index (χ1v) is 6.80. The number of rotatable bonds is 4. The van der Waals surface area contributed by atoms with E-state index in [1.165, 1.54) is 0 Å². The van der Waals surface area contributed by atoms with Gasteiger partial charge in [-0.05, 0) is 13.0 Å². The van der Waals surface area contributed by atoms with E-state index in [0.29, 0.717) is 19.6 Å². The fourth-order valence-corrected chi connectivity index (χ4v) is 2.41. The number of ether oxygens (including phenoxy) is 2. The molecule has 2 N–H and O–H groups in total. The minimum absolute atomic E-state index is 0.193. The molecule has 0 saturated carbocycles. The van der Waals surface area contributed by atoms with Gasteiger partial charge in [0, 0.05) is 24.6 Å². The molecule has 0 saturated heterocycles. The van der Waals surface area contributed by atoms with E-state index in [2.05, 4.69) is 10.1 Å². The minimum atomic E-state index is -0.193. The highest BCUT2D eigenvalue weighted by Gasteiger charge is 2.21. The first-order valence-electron chi connectivity index (χ1n) is 6.80. The molecule has 0 aliphatic carbocycles. The largest absolute Gasteiger partial charge is 0.486 e. The van der Waals surface area contributed by atoms with E-state index >= 15 is 0 Å². The van der Waals surface area contributed by atoms with Crippen LogP contribution in [0.3, 0.4) is 0 Å². The fraction of sp³-hybridized carbons (Fsp3) is 0.429. The van der Waals surface area contributed by atoms with Gasteiger partial charge in [-0.25, -0.2) is 4.98 Å². The minimum Gasteiger partial charge on any atom is -0.486 e. The summed E-state index contributed by atoms with van der Waals surface area (Å²) in [4.78, 5) is 4.26. The molecule has 2 heterocycles. The predicted octanol–water partition coefficient (Wildman–Crippen LogP) is 1.31. The smallest absolute Gasteiger partial charge is 0.166 e. The fourth-order valence-electron chi connectivity index (χ4n) is 2.41. The zero-order chi connectivity index (χ0) is 13.9. The van der Waals surface area contributed by atoms with Gasteiger partial charge in [-0.1, -0.05) is 12.1 Å². The van der Waals surface area contributed by atoms with E-state index in [4.69, 9.17) is 15.2 Å². The summed E-state index contributed by atoms with van der Waals surface area (Å²) >= 11 is 0. The van der Waals surface area contributed by atoms with Crippen molar-refractivity contribution in [1.82, 2.24) is 14.8 Å². The van der Waals surface area contributed by atoms with Crippen molar-refractivity contribution in [3.05, 3.63) is 35.9 Å². The highest BCUT2D eigenvalue weighted by atomic mass is 16.6. The lowest BCUT2D eigenvalue weighted by atomic mass is 10.0. The first-order chi connectivity index (χ1) is 9.79. The molecular formula is C14H18N4O2. The summed E-state index contributed by atoms with van der Waals surface area (Å²) in [7, 11) is 0. The van der Waals surface area contributed by atoms with E-state index in [-0.39, 0.29) is 6.04 Å². The number of hydrogen-bond acceptors (Lipinski definition) is 5. The lowest BCUT2D eigenvalue weighted by Crippen LogP contribution is -2.21. The van der Waals surface area contributed by atoms with E-state index < -0.39 is 0 Å². The standard InChI is InChI=1S/C14H18N4O2/c1-2-18-13(16-9-17-18)8-11(15)10-4-3-5-12-14(10)20-7-6-19-12/h3-5,9,11H,2,6-8,15H2,1H3. The van der Waals surface area contributed by atoms with Crippen LogP contribution in [0.5, 0.6) is 11.5 Å². The number of nitrogens with two attached hydrogens (primary N) is 1. The van der Waals surface area contributed by atoms with Crippen molar-refractivity contribution in [2.45, 2.75) is 25.9 Å². The Bertz CT molecular complexity index is 597. The van der Waals surface area contributed by atoms with Gasteiger partial charge in [-0.15, -0.1) is 0 Å². The van der Waals surface area contributed by atoms with Crippen molar-refractivity contribution in [3.63, 3.8) is 0 Å². The molecule has 6 nitrogen and oxygen atoms in total. The van der Waals surface area contributed by atoms with Gasteiger partial charge in [-0.3, -0.25) is 4.68 Å². The maximum atomic E-state index is 6.32. The maximum absolute atomic E-state index is 6.32. The normalized spacial score (nSPS) is 15.1. The van der Waals surface area contributed by atoms with Gasteiger partial charge in [0.2, 0.25) is 0 Å². The molecule has 0 radical (unpaired) electrons. The highest BCUT2D eigenvalue weighted by molar-refractivity contribution is 5.49. The summed E-state index contributed by atoms with van der Waals surface area (Å²) in [6.45, 7) is 3.96. The molecular weight excluding hydrogens is 256 g/mol.